The summed E-state index contributed by atoms with van der Waals surface area (Å²) in [5.41, 5.74) is 6.46. The summed E-state index contributed by atoms with van der Waals surface area (Å²) in [6.45, 7) is 3.84. The average molecular weight is 328 g/mol. The highest BCUT2D eigenvalue weighted by Gasteiger charge is 2.12. The van der Waals surface area contributed by atoms with Gasteiger partial charge in [-0.05, 0) is 43.5 Å². The van der Waals surface area contributed by atoms with E-state index in [9.17, 15) is 4.79 Å². The monoisotopic (exact) mass is 328 g/mol. The maximum absolute atomic E-state index is 11.4. The summed E-state index contributed by atoms with van der Waals surface area (Å²) in [6, 6.07) is 7.02. The Hall–Kier alpha value is -2.67. The largest absolute Gasteiger partial charge is 0.489 e. The molecule has 0 spiro atoms. The first-order valence-electron chi connectivity index (χ1n) is 7.10. The van der Waals surface area contributed by atoms with E-state index in [2.05, 4.69) is 15.3 Å². The number of fused-ring (bicyclic) bond motifs is 1. The number of thiophene rings is 1. The molecule has 2 aromatic heterocycles. The fourth-order valence-electron chi connectivity index (χ4n) is 2.15. The number of carbonyl (C=O) groups is 1. The number of hydrogen-bond acceptors (Lipinski definition) is 6. The summed E-state index contributed by atoms with van der Waals surface area (Å²) in [5, 5.41) is 6.15. The van der Waals surface area contributed by atoms with Crippen LogP contribution >= 0.6 is 11.3 Å². The van der Waals surface area contributed by atoms with Crippen LogP contribution in [0.4, 0.5) is 11.5 Å². The van der Waals surface area contributed by atoms with E-state index < -0.39 is 5.91 Å². The van der Waals surface area contributed by atoms with Gasteiger partial charge in [-0.1, -0.05) is 0 Å². The van der Waals surface area contributed by atoms with Crippen LogP contribution in [0.2, 0.25) is 0 Å². The number of nitrogens with two attached hydrogens (primary N) is 1. The van der Waals surface area contributed by atoms with E-state index in [1.807, 2.05) is 25.3 Å². The van der Waals surface area contributed by atoms with Gasteiger partial charge >= 0.3 is 0 Å². The second kappa shape index (κ2) is 6.21. The van der Waals surface area contributed by atoms with Crippen molar-refractivity contribution in [1.82, 2.24) is 9.97 Å². The van der Waals surface area contributed by atoms with Gasteiger partial charge in [-0.25, -0.2) is 9.97 Å². The van der Waals surface area contributed by atoms with Crippen LogP contribution in [-0.4, -0.2) is 22.0 Å². The molecule has 2 heterocycles. The molecule has 0 atom stereocenters. The molecule has 6 nitrogen and oxygen atoms in total. The van der Waals surface area contributed by atoms with E-state index in [1.54, 1.807) is 29.5 Å². The quantitative estimate of drug-likeness (QED) is 0.750. The maximum Gasteiger partial charge on any atom is 0.248 e. The molecule has 0 bridgehead atoms. The van der Waals surface area contributed by atoms with Gasteiger partial charge in [0.1, 0.15) is 22.7 Å². The predicted molar refractivity (Wildman–Crippen MR) is 91.4 cm³/mol. The number of primary amides is 1. The lowest BCUT2D eigenvalue weighted by Gasteiger charge is -2.16. The van der Waals surface area contributed by atoms with Gasteiger partial charge < -0.3 is 15.8 Å². The minimum atomic E-state index is -0.493. The minimum Gasteiger partial charge on any atom is -0.489 e. The number of hydrogen-bond donors (Lipinski definition) is 2. The van der Waals surface area contributed by atoms with Crippen LogP contribution < -0.4 is 15.8 Å². The lowest BCUT2D eigenvalue weighted by Crippen LogP contribution is -2.13. The first-order valence-corrected chi connectivity index (χ1v) is 7.98. The van der Waals surface area contributed by atoms with Crippen LogP contribution in [0.3, 0.4) is 0 Å². The molecule has 0 saturated heterocycles. The molecule has 0 saturated carbocycles. The molecule has 0 aliphatic carbocycles. The summed E-state index contributed by atoms with van der Waals surface area (Å²) in [5.74, 6) is 0.752. The van der Waals surface area contributed by atoms with Crippen LogP contribution in [0.1, 0.15) is 24.2 Å². The second-order valence-electron chi connectivity index (χ2n) is 5.23. The third-order valence-electron chi connectivity index (χ3n) is 3.14. The van der Waals surface area contributed by atoms with Crippen molar-refractivity contribution in [2.24, 2.45) is 5.73 Å². The minimum absolute atomic E-state index is 0.0368. The molecule has 0 aliphatic rings. The van der Waals surface area contributed by atoms with Crippen LogP contribution in [0.5, 0.6) is 5.75 Å². The van der Waals surface area contributed by atoms with E-state index in [-0.39, 0.29) is 6.10 Å². The number of benzene rings is 1. The van der Waals surface area contributed by atoms with Gasteiger partial charge in [0.15, 0.2) is 0 Å². The Morgan fingerprint density at radius 2 is 2.13 bits per heavy atom. The molecule has 3 aromatic rings. The second-order valence-corrected chi connectivity index (χ2v) is 6.12. The Bertz CT molecular complexity index is 860. The molecule has 0 aliphatic heterocycles. The van der Waals surface area contributed by atoms with Gasteiger partial charge in [0.2, 0.25) is 5.91 Å². The SMILES string of the molecule is CC(C)Oc1cc(C(N)=O)ccc1Nc1ncnc2sccc12. The van der Waals surface area contributed by atoms with Crippen LogP contribution in [-0.2, 0) is 0 Å². The van der Waals surface area contributed by atoms with Gasteiger partial charge in [-0.15, -0.1) is 11.3 Å². The standard InChI is InChI=1S/C16H16N4O2S/c1-9(2)22-13-7-10(14(17)21)3-4-12(13)20-15-11-5-6-23-16(11)19-8-18-15/h3-9H,1-2H3,(H2,17,21)(H,18,19,20). The van der Waals surface area contributed by atoms with Gasteiger partial charge in [0.05, 0.1) is 17.2 Å². The smallest absolute Gasteiger partial charge is 0.248 e. The fourth-order valence-corrected chi connectivity index (χ4v) is 2.88. The van der Waals surface area contributed by atoms with Gasteiger partial charge in [-0.2, -0.15) is 0 Å². The third-order valence-corrected chi connectivity index (χ3v) is 3.96. The van der Waals surface area contributed by atoms with E-state index in [0.29, 0.717) is 17.1 Å². The summed E-state index contributed by atoms with van der Waals surface area (Å²) < 4.78 is 5.79. The molecular formula is C16H16N4O2S. The highest BCUT2D eigenvalue weighted by molar-refractivity contribution is 7.16. The Labute approximate surface area is 137 Å². The number of nitrogens with one attached hydrogen (secondary N) is 1. The number of aromatic nitrogens is 2. The van der Waals surface area contributed by atoms with E-state index in [0.717, 1.165) is 15.9 Å². The number of carbonyl (C=O) groups excluding carboxylic acids is 1. The Morgan fingerprint density at radius 1 is 1.30 bits per heavy atom. The molecule has 118 valence electrons. The molecule has 7 heteroatoms. The molecule has 1 amide bonds. The van der Waals surface area contributed by atoms with Crippen molar-refractivity contribution in [3.8, 4) is 5.75 Å². The van der Waals surface area contributed by atoms with Crippen LogP contribution in [0.15, 0.2) is 36.0 Å². The summed E-state index contributed by atoms with van der Waals surface area (Å²) >= 11 is 1.55. The number of amides is 1. The zero-order valence-corrected chi connectivity index (χ0v) is 13.6. The molecule has 1 aromatic carbocycles. The van der Waals surface area contributed by atoms with E-state index >= 15 is 0 Å². The van der Waals surface area contributed by atoms with Crippen molar-refractivity contribution in [2.45, 2.75) is 20.0 Å². The molecule has 3 rings (SSSR count). The molecule has 0 fully saturated rings. The molecule has 0 unspecified atom stereocenters. The van der Waals surface area contributed by atoms with Crippen molar-refractivity contribution < 1.29 is 9.53 Å². The maximum atomic E-state index is 11.4. The van der Waals surface area contributed by atoms with Gasteiger partial charge in [0, 0.05) is 5.56 Å². The Balaban J connectivity index is 2.01. The number of nitrogens with zero attached hydrogens (tertiary/aromatic N) is 2. The van der Waals surface area contributed by atoms with Gasteiger partial charge in [-0.3, -0.25) is 4.79 Å². The summed E-state index contributed by atoms with van der Waals surface area (Å²) in [7, 11) is 0. The first-order chi connectivity index (χ1) is 11.0. The predicted octanol–water partition coefficient (Wildman–Crippen LogP) is 3.32. The zero-order valence-electron chi connectivity index (χ0n) is 12.7. The van der Waals surface area contributed by atoms with E-state index in [4.69, 9.17) is 10.5 Å². The summed E-state index contributed by atoms with van der Waals surface area (Å²) in [4.78, 5) is 20.8. The Kier molecular flexibility index (Phi) is 4.12. The summed E-state index contributed by atoms with van der Waals surface area (Å²) in [6.07, 6.45) is 1.48. The highest BCUT2D eigenvalue weighted by atomic mass is 32.1. The molecule has 0 radical (unpaired) electrons. The van der Waals surface area contributed by atoms with E-state index in [1.165, 1.54) is 6.33 Å². The van der Waals surface area contributed by atoms with Gasteiger partial charge in [0.25, 0.3) is 0 Å². The Morgan fingerprint density at radius 3 is 2.87 bits per heavy atom. The normalized spacial score (nSPS) is 10.9. The van der Waals surface area contributed by atoms with Crippen molar-refractivity contribution in [3.05, 3.63) is 41.5 Å². The fraction of sp³-hybridized carbons (Fsp3) is 0.188. The molecule has 23 heavy (non-hydrogen) atoms. The van der Waals surface area contributed by atoms with Crippen molar-refractivity contribution in [2.75, 3.05) is 5.32 Å². The van der Waals surface area contributed by atoms with Crippen molar-refractivity contribution in [3.63, 3.8) is 0 Å². The zero-order chi connectivity index (χ0) is 16.4. The topological polar surface area (TPSA) is 90.1 Å². The van der Waals surface area contributed by atoms with Crippen molar-refractivity contribution >= 4 is 39.0 Å². The number of rotatable bonds is 5. The third kappa shape index (κ3) is 3.24. The average Bonchev–Trinajstić information content (AvgIpc) is 2.97. The molecule has 3 N–H and O–H groups in total. The lowest BCUT2D eigenvalue weighted by molar-refractivity contribution is 0.0999. The van der Waals surface area contributed by atoms with Crippen molar-refractivity contribution in [1.29, 1.82) is 0 Å². The highest BCUT2D eigenvalue weighted by Crippen LogP contribution is 2.32. The first kappa shape index (κ1) is 15.2. The number of anilines is 2. The van der Waals surface area contributed by atoms with Crippen LogP contribution in [0, 0.1) is 0 Å². The number of ether oxygens (including phenoxy) is 1. The lowest BCUT2D eigenvalue weighted by atomic mass is 10.1. The van der Waals surface area contributed by atoms with Crippen LogP contribution in [0.25, 0.3) is 10.2 Å². The molecular weight excluding hydrogens is 312 g/mol.